The smallest absolute Gasteiger partial charge is 0.462 e. The number of hydrogen-bond acceptors (Lipinski definition) is 7. The number of phosphoric ester groups is 1. The van der Waals surface area contributed by atoms with Crippen LogP contribution in [0.5, 0.6) is 0 Å². The van der Waals surface area contributed by atoms with Crippen molar-refractivity contribution in [1.29, 1.82) is 0 Å². The lowest BCUT2D eigenvalue weighted by Gasteiger charge is -2.24. The van der Waals surface area contributed by atoms with Crippen molar-refractivity contribution >= 4 is 19.8 Å². The molecule has 0 aromatic rings. The lowest BCUT2D eigenvalue weighted by molar-refractivity contribution is -0.870. The Morgan fingerprint density at radius 1 is 0.340 bits per heavy atom. The number of ether oxygens (including phenoxy) is 2. The third kappa shape index (κ3) is 78.4. The van der Waals surface area contributed by atoms with E-state index in [0.717, 1.165) is 77.0 Å². The van der Waals surface area contributed by atoms with Crippen LogP contribution in [-0.2, 0) is 32.7 Å². The van der Waals surface area contributed by atoms with Crippen molar-refractivity contribution in [2.24, 2.45) is 0 Å². The molecule has 9 nitrogen and oxygen atoms in total. The molecular formula is C84H157NO8P+. The highest BCUT2D eigenvalue weighted by atomic mass is 31.2. The summed E-state index contributed by atoms with van der Waals surface area (Å²) in [5.41, 5.74) is 0. The molecular weight excluding hydrogens is 1180 g/mol. The van der Waals surface area contributed by atoms with Gasteiger partial charge in [-0.25, -0.2) is 4.57 Å². The Morgan fingerprint density at radius 3 is 0.904 bits per heavy atom. The van der Waals surface area contributed by atoms with Gasteiger partial charge in [0, 0.05) is 12.8 Å². The normalized spacial score (nSPS) is 13.4. The predicted molar refractivity (Wildman–Crippen MR) is 409 cm³/mol. The summed E-state index contributed by atoms with van der Waals surface area (Å²) in [6.07, 6.45) is 102. The Balaban J connectivity index is 3.91. The van der Waals surface area contributed by atoms with Gasteiger partial charge >= 0.3 is 19.8 Å². The quantitative estimate of drug-likeness (QED) is 0.0211. The molecule has 2 atom stereocenters. The minimum absolute atomic E-state index is 0.0311. The minimum Gasteiger partial charge on any atom is -0.462 e. The zero-order valence-electron chi connectivity index (χ0n) is 63.0. The van der Waals surface area contributed by atoms with Crippen LogP contribution in [0.4, 0.5) is 0 Å². The van der Waals surface area contributed by atoms with Crippen LogP contribution in [0.25, 0.3) is 0 Å². The average Bonchev–Trinajstić information content (AvgIpc) is 1.66. The van der Waals surface area contributed by atoms with E-state index < -0.39 is 26.5 Å². The van der Waals surface area contributed by atoms with Crippen molar-refractivity contribution in [3.8, 4) is 0 Å². The van der Waals surface area contributed by atoms with Gasteiger partial charge in [-0.05, 0) is 64.2 Å². The van der Waals surface area contributed by atoms with E-state index in [0.29, 0.717) is 23.9 Å². The van der Waals surface area contributed by atoms with E-state index in [1.165, 1.54) is 289 Å². The highest BCUT2D eigenvalue weighted by Crippen LogP contribution is 2.43. The molecule has 0 radical (unpaired) electrons. The first-order valence-electron chi connectivity index (χ1n) is 40.7. The molecule has 0 amide bonds. The third-order valence-corrected chi connectivity index (χ3v) is 19.2. The minimum atomic E-state index is -4.40. The maximum atomic E-state index is 12.9. The summed E-state index contributed by atoms with van der Waals surface area (Å²) in [6, 6.07) is 0. The lowest BCUT2D eigenvalue weighted by atomic mass is 10.0. The van der Waals surface area contributed by atoms with Crippen LogP contribution < -0.4 is 0 Å². The molecule has 0 aliphatic heterocycles. The van der Waals surface area contributed by atoms with E-state index in [1.807, 2.05) is 21.1 Å². The summed E-state index contributed by atoms with van der Waals surface area (Å²) in [4.78, 5) is 36.0. The molecule has 0 fully saturated rings. The van der Waals surface area contributed by atoms with Gasteiger partial charge in [0.15, 0.2) is 6.10 Å². The van der Waals surface area contributed by atoms with E-state index in [1.54, 1.807) is 0 Å². The molecule has 0 aliphatic rings. The summed E-state index contributed by atoms with van der Waals surface area (Å²) < 4.78 is 34.8. The highest BCUT2D eigenvalue weighted by molar-refractivity contribution is 7.47. The van der Waals surface area contributed by atoms with Crippen molar-refractivity contribution in [1.82, 2.24) is 0 Å². The molecule has 0 aliphatic carbocycles. The number of hydrogen-bond donors (Lipinski definition) is 1. The van der Waals surface area contributed by atoms with Gasteiger partial charge in [0.25, 0.3) is 0 Å². The van der Waals surface area contributed by atoms with Crippen molar-refractivity contribution in [2.75, 3.05) is 47.5 Å². The molecule has 550 valence electrons. The van der Waals surface area contributed by atoms with Crippen molar-refractivity contribution in [2.45, 2.75) is 405 Å². The van der Waals surface area contributed by atoms with Crippen molar-refractivity contribution < 1.29 is 42.1 Å². The average molecular weight is 1340 g/mol. The lowest BCUT2D eigenvalue weighted by Crippen LogP contribution is -2.37. The van der Waals surface area contributed by atoms with E-state index in [4.69, 9.17) is 18.5 Å². The molecule has 0 saturated carbocycles. The Bertz CT molecular complexity index is 1820. The molecule has 0 rings (SSSR count). The number of carbonyl (C=O) groups excluding carboxylic acids is 2. The third-order valence-electron chi connectivity index (χ3n) is 18.3. The van der Waals surface area contributed by atoms with Crippen LogP contribution in [0.1, 0.15) is 399 Å². The molecule has 10 heteroatoms. The summed E-state index contributed by atoms with van der Waals surface area (Å²) in [6.45, 7) is 4.38. The number of carbonyl (C=O) groups is 2. The monoisotopic (exact) mass is 1340 g/mol. The Kier molecular flexibility index (Phi) is 72.6. The van der Waals surface area contributed by atoms with Crippen LogP contribution in [0.2, 0.25) is 0 Å². The first-order chi connectivity index (χ1) is 46.0. The fourth-order valence-electron chi connectivity index (χ4n) is 12.1. The molecule has 0 spiro atoms. The van der Waals surface area contributed by atoms with Crippen LogP contribution in [0, 0.1) is 0 Å². The van der Waals surface area contributed by atoms with Gasteiger partial charge in [-0.15, -0.1) is 0 Å². The highest BCUT2D eigenvalue weighted by Gasteiger charge is 2.27. The molecule has 0 heterocycles. The molecule has 2 unspecified atom stereocenters. The zero-order valence-corrected chi connectivity index (χ0v) is 63.9. The van der Waals surface area contributed by atoms with E-state index in [2.05, 4.69) is 86.8 Å². The predicted octanol–water partition coefficient (Wildman–Crippen LogP) is 27.1. The number of allylic oxidation sites excluding steroid dienone is 12. The fourth-order valence-corrected chi connectivity index (χ4v) is 12.8. The molecule has 0 aromatic heterocycles. The number of esters is 2. The topological polar surface area (TPSA) is 108 Å². The van der Waals surface area contributed by atoms with Gasteiger partial charge in [-0.3, -0.25) is 18.6 Å². The van der Waals surface area contributed by atoms with Crippen molar-refractivity contribution in [3.63, 3.8) is 0 Å². The number of likely N-dealkylation sites (N-methyl/N-ethyl adjacent to an activating group) is 1. The van der Waals surface area contributed by atoms with E-state index in [9.17, 15) is 19.0 Å². The maximum Gasteiger partial charge on any atom is 0.472 e. The Hall–Kier alpha value is -2.55. The molecule has 0 aromatic carbocycles. The first kappa shape index (κ1) is 91.4. The summed E-state index contributed by atoms with van der Waals surface area (Å²) in [5.74, 6) is -0.783. The van der Waals surface area contributed by atoms with Crippen LogP contribution >= 0.6 is 7.82 Å². The van der Waals surface area contributed by atoms with Gasteiger partial charge < -0.3 is 18.9 Å². The Morgan fingerprint density at radius 2 is 0.606 bits per heavy atom. The van der Waals surface area contributed by atoms with Crippen molar-refractivity contribution in [3.05, 3.63) is 72.9 Å². The van der Waals surface area contributed by atoms with Gasteiger partial charge in [-0.1, -0.05) is 395 Å². The number of unbranched alkanes of at least 4 members (excludes halogenated alkanes) is 50. The number of quaternary nitrogens is 1. The zero-order chi connectivity index (χ0) is 68.3. The summed E-state index contributed by atoms with van der Waals surface area (Å²) in [5, 5.41) is 0. The van der Waals surface area contributed by atoms with Gasteiger partial charge in [0.1, 0.15) is 19.8 Å². The number of phosphoric acid groups is 1. The SMILES string of the molecule is CC/C=C\C/C=C\C/C=C\C/C=C\C/C=C\C/C=C\CCCCCCCCCCCCCCC(=O)OC(COC(=O)CCCCCCCCCCCCCCCCCCCCCCCCCCCCCCCCCCCCCCCCC)COP(=O)(O)OCC[N+](C)(C)C. The first-order valence-corrected chi connectivity index (χ1v) is 42.2. The molecule has 94 heavy (non-hydrogen) atoms. The second-order valence-electron chi connectivity index (χ2n) is 28.8. The largest absolute Gasteiger partial charge is 0.472 e. The van der Waals surface area contributed by atoms with Gasteiger partial charge in [0.05, 0.1) is 27.7 Å². The second-order valence-corrected chi connectivity index (χ2v) is 30.2. The van der Waals surface area contributed by atoms with Crippen LogP contribution in [0.15, 0.2) is 72.9 Å². The van der Waals surface area contributed by atoms with E-state index >= 15 is 0 Å². The molecule has 0 bridgehead atoms. The second kappa shape index (κ2) is 74.7. The van der Waals surface area contributed by atoms with Crippen LogP contribution in [-0.4, -0.2) is 74.9 Å². The van der Waals surface area contributed by atoms with E-state index in [-0.39, 0.29) is 25.6 Å². The standard InChI is InChI=1S/C84H156NO8P/c1-6-8-10-12-14-16-18-20-22-24-26-28-30-32-34-36-38-39-40-41-42-43-44-45-47-48-50-52-54-56-58-60-62-64-66-68-70-72-74-76-83(86)90-80-82(81-92-94(88,89)91-79-78-85(3,4)5)93-84(87)77-75-73-71-69-67-65-63-61-59-57-55-53-51-49-46-37-35-33-31-29-27-25-23-21-19-17-15-13-11-9-7-2/h9,11,15,17,21,23,27,29,33,35,46,49,82H,6-8,10,12-14,16,18-20,22,24-26,28,30-32,34,36-45,47-48,50-81H2,1-5H3/p+1/b11-9-,17-15-,23-21-,29-27-,35-33-,49-46-. The van der Waals surface area contributed by atoms with Gasteiger partial charge in [-0.2, -0.15) is 0 Å². The summed E-state index contributed by atoms with van der Waals surface area (Å²) in [7, 11) is 1.49. The molecule has 1 N–H and O–H groups in total. The Labute approximate surface area is 584 Å². The van der Waals surface area contributed by atoms with Crippen LogP contribution in [0.3, 0.4) is 0 Å². The number of nitrogens with zero attached hydrogens (tertiary/aromatic N) is 1. The molecule has 0 saturated heterocycles. The number of rotatable bonds is 76. The fraction of sp³-hybridized carbons (Fsp3) is 0.833. The summed E-state index contributed by atoms with van der Waals surface area (Å²) >= 11 is 0. The van der Waals surface area contributed by atoms with Gasteiger partial charge in [0.2, 0.25) is 0 Å². The maximum absolute atomic E-state index is 12.9.